The van der Waals surface area contributed by atoms with E-state index in [9.17, 15) is 8.42 Å². The molecule has 5 nitrogen and oxygen atoms in total. The van der Waals surface area contributed by atoms with Gasteiger partial charge in [0, 0.05) is 0 Å². The predicted octanol–water partition coefficient (Wildman–Crippen LogP) is 1.92. The van der Waals surface area contributed by atoms with Crippen molar-refractivity contribution in [1.29, 1.82) is 0 Å². The van der Waals surface area contributed by atoms with Crippen LogP contribution in [0.15, 0.2) is 59.5 Å². The van der Waals surface area contributed by atoms with Crippen molar-refractivity contribution in [1.82, 2.24) is 4.72 Å². The number of quaternary nitrogens is 1. The quantitative estimate of drug-likeness (QED) is 0.775. The number of morpholine rings is 1. The van der Waals surface area contributed by atoms with Gasteiger partial charge in [-0.15, -0.1) is 0 Å². The van der Waals surface area contributed by atoms with E-state index >= 15 is 0 Å². The normalized spacial score (nSPS) is 17.4. The van der Waals surface area contributed by atoms with Gasteiger partial charge >= 0.3 is 0 Å². The third-order valence-electron chi connectivity index (χ3n) is 5.22. The number of rotatable bonds is 6. The summed E-state index contributed by atoms with van der Waals surface area (Å²) in [5.41, 5.74) is 2.09. The highest BCUT2D eigenvalue weighted by molar-refractivity contribution is 7.89. The first-order valence-electron chi connectivity index (χ1n) is 9.85. The number of benzene rings is 2. The first-order valence-corrected chi connectivity index (χ1v) is 11.3. The molecule has 0 spiro atoms. The van der Waals surface area contributed by atoms with Gasteiger partial charge in [0.05, 0.1) is 30.7 Å². The Kier molecular flexibility index (Phi) is 6.55. The molecule has 2 aromatic carbocycles. The molecule has 1 fully saturated rings. The smallest absolute Gasteiger partial charge is 0.241 e. The highest BCUT2D eigenvalue weighted by Crippen LogP contribution is 2.24. The number of hydrogen-bond acceptors (Lipinski definition) is 3. The Labute approximate surface area is 168 Å². The van der Waals surface area contributed by atoms with E-state index in [1.165, 1.54) is 4.90 Å². The molecule has 0 saturated carbocycles. The van der Waals surface area contributed by atoms with Crippen molar-refractivity contribution < 1.29 is 18.1 Å². The van der Waals surface area contributed by atoms with Gasteiger partial charge in [-0.25, -0.2) is 8.42 Å². The van der Waals surface area contributed by atoms with Crippen LogP contribution in [0.4, 0.5) is 0 Å². The lowest BCUT2D eigenvalue weighted by molar-refractivity contribution is -0.909. The van der Waals surface area contributed by atoms with Crippen LogP contribution in [0.1, 0.15) is 37.9 Å². The van der Waals surface area contributed by atoms with E-state index in [0.717, 1.165) is 37.4 Å². The molecular weight excluding hydrogens is 372 g/mol. The third-order valence-corrected chi connectivity index (χ3v) is 6.71. The Hall–Kier alpha value is -1.73. The first-order chi connectivity index (χ1) is 13.3. The van der Waals surface area contributed by atoms with E-state index in [1.54, 1.807) is 12.1 Å². The van der Waals surface area contributed by atoms with Crippen molar-refractivity contribution in [2.24, 2.45) is 0 Å². The topological polar surface area (TPSA) is 59.8 Å². The fourth-order valence-corrected chi connectivity index (χ4v) is 4.68. The summed E-state index contributed by atoms with van der Waals surface area (Å²) in [5, 5.41) is 0. The fraction of sp³-hybridized carbons (Fsp3) is 0.455. The second kappa shape index (κ2) is 8.74. The van der Waals surface area contributed by atoms with E-state index in [1.807, 2.05) is 42.5 Å². The van der Waals surface area contributed by atoms with Crippen LogP contribution >= 0.6 is 0 Å². The molecule has 0 aromatic heterocycles. The molecule has 2 N–H and O–H groups in total. The SMILES string of the molecule is CC(C)(C)c1ccc(S(=O)(=O)N[C@H](C[NH+]2CCOCC2)c2ccccc2)cc1. The molecule has 1 saturated heterocycles. The van der Waals surface area contributed by atoms with Gasteiger partial charge in [0.1, 0.15) is 13.1 Å². The standard InChI is InChI=1S/C22H30N2O3S/c1-22(2,3)19-9-11-20(12-10-19)28(25,26)23-21(18-7-5-4-6-8-18)17-24-13-15-27-16-14-24/h4-12,21,23H,13-17H2,1-3H3/p+1/t21-/m1/s1. The summed E-state index contributed by atoms with van der Waals surface area (Å²) in [7, 11) is -3.62. The molecule has 152 valence electrons. The molecule has 0 unspecified atom stereocenters. The van der Waals surface area contributed by atoms with Crippen LogP contribution in [0.25, 0.3) is 0 Å². The van der Waals surface area contributed by atoms with Crippen molar-refractivity contribution in [2.45, 2.75) is 37.1 Å². The van der Waals surface area contributed by atoms with E-state index in [2.05, 4.69) is 25.5 Å². The molecular formula is C22H31N2O3S+. The minimum atomic E-state index is -3.62. The summed E-state index contributed by atoms with van der Waals surface area (Å²) in [4.78, 5) is 1.66. The average Bonchev–Trinajstić information content (AvgIpc) is 2.68. The zero-order valence-electron chi connectivity index (χ0n) is 16.9. The molecule has 0 radical (unpaired) electrons. The van der Waals surface area contributed by atoms with Gasteiger partial charge in [0.25, 0.3) is 0 Å². The lowest BCUT2D eigenvalue weighted by atomic mass is 9.87. The Morgan fingerprint density at radius 2 is 1.61 bits per heavy atom. The van der Waals surface area contributed by atoms with Crippen molar-refractivity contribution in [2.75, 3.05) is 32.8 Å². The summed E-state index contributed by atoms with van der Waals surface area (Å²) in [6.45, 7) is 10.3. The number of ether oxygens (including phenoxy) is 1. The van der Waals surface area contributed by atoms with E-state index in [-0.39, 0.29) is 11.5 Å². The lowest BCUT2D eigenvalue weighted by Gasteiger charge is -2.28. The van der Waals surface area contributed by atoms with Crippen LogP contribution in [0.2, 0.25) is 0 Å². The minimum Gasteiger partial charge on any atom is -0.370 e. The fourth-order valence-electron chi connectivity index (χ4n) is 3.46. The molecule has 0 amide bonds. The van der Waals surface area contributed by atoms with E-state index in [4.69, 9.17) is 4.74 Å². The molecule has 0 aliphatic carbocycles. The molecule has 2 aromatic rings. The highest BCUT2D eigenvalue weighted by atomic mass is 32.2. The summed E-state index contributed by atoms with van der Waals surface area (Å²) in [5.74, 6) is 0. The molecule has 28 heavy (non-hydrogen) atoms. The number of sulfonamides is 1. The molecule has 6 heteroatoms. The number of nitrogens with one attached hydrogen (secondary N) is 2. The average molecular weight is 404 g/mol. The molecule has 1 atom stereocenters. The first kappa shape index (κ1) is 21.0. The summed E-state index contributed by atoms with van der Waals surface area (Å²) in [6, 6.07) is 16.7. The summed E-state index contributed by atoms with van der Waals surface area (Å²) >= 11 is 0. The number of hydrogen-bond donors (Lipinski definition) is 2. The maximum absolute atomic E-state index is 13.1. The van der Waals surface area contributed by atoms with Gasteiger partial charge in [0.2, 0.25) is 10.0 Å². The molecule has 0 bridgehead atoms. The maximum Gasteiger partial charge on any atom is 0.241 e. The Balaban J connectivity index is 1.82. The van der Waals surface area contributed by atoms with Gasteiger partial charge in [-0.05, 0) is 28.7 Å². The van der Waals surface area contributed by atoms with Gasteiger partial charge in [-0.3, -0.25) is 0 Å². The van der Waals surface area contributed by atoms with Gasteiger partial charge in [-0.1, -0.05) is 63.2 Å². The summed E-state index contributed by atoms with van der Waals surface area (Å²) < 4.78 is 34.5. The van der Waals surface area contributed by atoms with Gasteiger partial charge in [-0.2, -0.15) is 4.72 Å². The Morgan fingerprint density at radius 3 is 2.18 bits per heavy atom. The zero-order chi connectivity index (χ0) is 20.2. The second-order valence-corrected chi connectivity index (χ2v) is 10.1. The van der Waals surface area contributed by atoms with Crippen molar-refractivity contribution in [3.05, 3.63) is 65.7 Å². The Bertz CT molecular complexity index is 853. The van der Waals surface area contributed by atoms with Crippen molar-refractivity contribution in [3.63, 3.8) is 0 Å². The third kappa shape index (κ3) is 5.41. The largest absolute Gasteiger partial charge is 0.370 e. The van der Waals surface area contributed by atoms with E-state index in [0.29, 0.717) is 11.4 Å². The molecule has 1 heterocycles. The van der Waals surface area contributed by atoms with Crippen LogP contribution in [-0.2, 0) is 20.2 Å². The van der Waals surface area contributed by atoms with Crippen LogP contribution < -0.4 is 9.62 Å². The van der Waals surface area contributed by atoms with Crippen molar-refractivity contribution >= 4 is 10.0 Å². The van der Waals surface area contributed by atoms with Gasteiger partial charge in [0.15, 0.2) is 0 Å². The van der Waals surface area contributed by atoms with Gasteiger partial charge < -0.3 is 9.64 Å². The lowest BCUT2D eigenvalue weighted by Crippen LogP contribution is -3.14. The van der Waals surface area contributed by atoms with Crippen molar-refractivity contribution in [3.8, 4) is 0 Å². The second-order valence-electron chi connectivity index (χ2n) is 8.43. The molecule has 1 aliphatic heterocycles. The molecule has 1 aliphatic rings. The Morgan fingerprint density at radius 1 is 1.00 bits per heavy atom. The monoisotopic (exact) mass is 403 g/mol. The zero-order valence-corrected chi connectivity index (χ0v) is 17.8. The van der Waals surface area contributed by atoms with Crippen LogP contribution in [0, 0.1) is 0 Å². The predicted molar refractivity (Wildman–Crippen MR) is 111 cm³/mol. The molecule has 3 rings (SSSR count). The summed E-state index contributed by atoms with van der Waals surface area (Å²) in [6.07, 6.45) is 0. The van der Waals surface area contributed by atoms with Crippen LogP contribution in [-0.4, -0.2) is 41.3 Å². The minimum absolute atomic E-state index is 0.0119. The van der Waals surface area contributed by atoms with E-state index < -0.39 is 10.0 Å². The maximum atomic E-state index is 13.1. The highest BCUT2D eigenvalue weighted by Gasteiger charge is 2.27. The van der Waals surface area contributed by atoms with Crippen LogP contribution in [0.5, 0.6) is 0 Å². The van der Waals surface area contributed by atoms with Crippen LogP contribution in [0.3, 0.4) is 0 Å².